The standard InChI is InChI=1S/C23H24F3N3O4/c1-13-7-15(8-14(2)20(13)33-12-23(24,25)26)10-29(3)11-19-27-18-9-16(22(31)32-4)5-6-17(18)21(30)28-19/h5-9H,10-12H2,1-4H3,(H,27,28,30). The summed E-state index contributed by atoms with van der Waals surface area (Å²) < 4.78 is 47.1. The number of benzene rings is 2. The van der Waals surface area contributed by atoms with Crippen molar-refractivity contribution in [2.24, 2.45) is 0 Å². The Kier molecular flexibility index (Phi) is 7.06. The van der Waals surface area contributed by atoms with Crippen LogP contribution >= 0.6 is 0 Å². The number of carbonyl (C=O) groups excluding carboxylic acids is 1. The highest BCUT2D eigenvalue weighted by atomic mass is 19.4. The second kappa shape index (κ2) is 9.62. The van der Waals surface area contributed by atoms with Crippen molar-refractivity contribution in [1.82, 2.24) is 14.9 Å². The lowest BCUT2D eigenvalue weighted by Gasteiger charge is -2.19. The van der Waals surface area contributed by atoms with Gasteiger partial charge >= 0.3 is 12.1 Å². The molecule has 0 amide bonds. The van der Waals surface area contributed by atoms with E-state index in [4.69, 9.17) is 9.47 Å². The average Bonchev–Trinajstić information content (AvgIpc) is 2.71. The lowest BCUT2D eigenvalue weighted by Crippen LogP contribution is -2.22. The van der Waals surface area contributed by atoms with E-state index in [1.54, 1.807) is 26.0 Å². The van der Waals surface area contributed by atoms with Gasteiger partial charge in [-0.15, -0.1) is 0 Å². The second-order valence-corrected chi connectivity index (χ2v) is 7.87. The molecule has 1 N–H and O–H groups in total. The van der Waals surface area contributed by atoms with Crippen LogP contribution in [0.25, 0.3) is 10.9 Å². The summed E-state index contributed by atoms with van der Waals surface area (Å²) in [6.07, 6.45) is -4.40. The number of H-pyrrole nitrogens is 1. The zero-order valence-electron chi connectivity index (χ0n) is 18.7. The molecular weight excluding hydrogens is 439 g/mol. The van der Waals surface area contributed by atoms with Gasteiger partial charge < -0.3 is 14.5 Å². The number of nitrogens with zero attached hydrogens (tertiary/aromatic N) is 2. The Balaban J connectivity index is 1.77. The van der Waals surface area contributed by atoms with Crippen LogP contribution < -0.4 is 10.3 Å². The lowest BCUT2D eigenvalue weighted by atomic mass is 10.1. The summed E-state index contributed by atoms with van der Waals surface area (Å²) >= 11 is 0. The number of alkyl halides is 3. The molecule has 0 unspecified atom stereocenters. The first kappa shape index (κ1) is 24.2. The van der Waals surface area contributed by atoms with Crippen LogP contribution in [-0.2, 0) is 17.8 Å². The summed E-state index contributed by atoms with van der Waals surface area (Å²) in [7, 11) is 3.10. The molecule has 33 heavy (non-hydrogen) atoms. The van der Waals surface area contributed by atoms with Crippen LogP contribution in [0.1, 0.15) is 32.9 Å². The molecule has 0 aliphatic heterocycles. The maximum atomic E-state index is 12.5. The zero-order valence-corrected chi connectivity index (χ0v) is 18.7. The second-order valence-electron chi connectivity index (χ2n) is 7.87. The van der Waals surface area contributed by atoms with Crippen LogP contribution in [-0.4, -0.2) is 47.8 Å². The average molecular weight is 463 g/mol. The van der Waals surface area contributed by atoms with Gasteiger partial charge in [0.1, 0.15) is 11.6 Å². The minimum absolute atomic E-state index is 0.223. The van der Waals surface area contributed by atoms with Crippen molar-refractivity contribution in [1.29, 1.82) is 0 Å². The number of rotatable bonds is 7. The van der Waals surface area contributed by atoms with Gasteiger partial charge in [-0.1, -0.05) is 12.1 Å². The lowest BCUT2D eigenvalue weighted by molar-refractivity contribution is -0.153. The number of aromatic amines is 1. The molecule has 0 fully saturated rings. The quantitative estimate of drug-likeness (QED) is 0.535. The van der Waals surface area contributed by atoms with Crippen molar-refractivity contribution < 1.29 is 27.4 Å². The molecule has 0 radical (unpaired) electrons. The topological polar surface area (TPSA) is 84.5 Å². The third-order valence-electron chi connectivity index (χ3n) is 4.95. The molecule has 0 aliphatic rings. The fourth-order valence-electron chi connectivity index (χ4n) is 3.64. The molecule has 1 aromatic heterocycles. The van der Waals surface area contributed by atoms with Crippen LogP contribution in [0.5, 0.6) is 5.75 Å². The first-order valence-electron chi connectivity index (χ1n) is 10.1. The molecule has 3 rings (SSSR count). The van der Waals surface area contributed by atoms with Crippen molar-refractivity contribution in [3.05, 3.63) is 68.8 Å². The molecule has 0 atom stereocenters. The fourth-order valence-corrected chi connectivity index (χ4v) is 3.64. The SMILES string of the molecule is COC(=O)c1ccc2c(=O)[nH]c(CN(C)Cc3cc(C)c(OCC(F)(F)F)c(C)c3)nc2c1. The highest BCUT2D eigenvalue weighted by Gasteiger charge is 2.29. The van der Waals surface area contributed by atoms with Gasteiger partial charge in [0.15, 0.2) is 6.61 Å². The minimum atomic E-state index is -4.40. The van der Waals surface area contributed by atoms with E-state index in [1.807, 2.05) is 11.9 Å². The van der Waals surface area contributed by atoms with E-state index in [1.165, 1.54) is 25.3 Å². The first-order chi connectivity index (χ1) is 15.5. The van der Waals surface area contributed by atoms with Crippen molar-refractivity contribution in [3.63, 3.8) is 0 Å². The number of hydrogen-bond donors (Lipinski definition) is 1. The molecule has 0 bridgehead atoms. The molecule has 3 aromatic rings. The predicted octanol–water partition coefficient (Wildman–Crippen LogP) is 3.90. The Morgan fingerprint density at radius 2 is 1.79 bits per heavy atom. The van der Waals surface area contributed by atoms with Crippen molar-refractivity contribution in [2.75, 3.05) is 20.8 Å². The molecule has 0 spiro atoms. The number of methoxy groups -OCH3 is 1. The molecule has 0 saturated heterocycles. The van der Waals surface area contributed by atoms with Crippen LogP contribution in [0, 0.1) is 13.8 Å². The van der Waals surface area contributed by atoms with Crippen molar-refractivity contribution in [2.45, 2.75) is 33.1 Å². The number of hydrogen-bond acceptors (Lipinski definition) is 6. The van der Waals surface area contributed by atoms with E-state index in [-0.39, 0.29) is 11.3 Å². The summed E-state index contributed by atoms with van der Waals surface area (Å²) in [5.74, 6) is 0.113. The largest absolute Gasteiger partial charge is 0.484 e. The molecular formula is C23H24F3N3O4. The van der Waals surface area contributed by atoms with E-state index in [0.29, 0.717) is 46.5 Å². The Bertz CT molecular complexity index is 1210. The van der Waals surface area contributed by atoms with E-state index < -0.39 is 18.8 Å². The zero-order chi connectivity index (χ0) is 24.3. The summed E-state index contributed by atoms with van der Waals surface area (Å²) in [5.41, 5.74) is 2.44. The monoisotopic (exact) mass is 463 g/mol. The van der Waals surface area contributed by atoms with Crippen LogP contribution in [0.4, 0.5) is 13.2 Å². The van der Waals surface area contributed by atoms with Gasteiger partial charge in [-0.05, 0) is 55.8 Å². The van der Waals surface area contributed by atoms with E-state index in [0.717, 1.165) is 5.56 Å². The van der Waals surface area contributed by atoms with Gasteiger partial charge in [0.2, 0.25) is 0 Å². The predicted molar refractivity (Wildman–Crippen MR) is 116 cm³/mol. The van der Waals surface area contributed by atoms with Crippen molar-refractivity contribution >= 4 is 16.9 Å². The minimum Gasteiger partial charge on any atom is -0.484 e. The number of carbonyl (C=O) groups is 1. The molecule has 1 heterocycles. The highest BCUT2D eigenvalue weighted by molar-refractivity contribution is 5.93. The molecule has 7 nitrogen and oxygen atoms in total. The van der Waals surface area contributed by atoms with Gasteiger partial charge in [-0.25, -0.2) is 9.78 Å². The van der Waals surface area contributed by atoms with E-state index in [9.17, 15) is 22.8 Å². The van der Waals surface area contributed by atoms with E-state index >= 15 is 0 Å². The summed E-state index contributed by atoms with van der Waals surface area (Å²) in [5, 5.41) is 0.356. The Labute approximate surface area is 188 Å². The fraction of sp³-hybridized carbons (Fsp3) is 0.348. The van der Waals surface area contributed by atoms with Crippen LogP contribution in [0.3, 0.4) is 0 Å². The summed E-state index contributed by atoms with van der Waals surface area (Å²) in [6.45, 7) is 2.82. The Hall–Kier alpha value is -3.40. The number of ether oxygens (including phenoxy) is 2. The van der Waals surface area contributed by atoms with Gasteiger partial charge in [0.25, 0.3) is 5.56 Å². The number of fused-ring (bicyclic) bond motifs is 1. The maximum Gasteiger partial charge on any atom is 0.422 e. The van der Waals surface area contributed by atoms with Gasteiger partial charge in [0.05, 0.1) is 30.1 Å². The van der Waals surface area contributed by atoms with Gasteiger partial charge in [-0.3, -0.25) is 9.69 Å². The summed E-state index contributed by atoms with van der Waals surface area (Å²) in [4.78, 5) is 33.3. The third-order valence-corrected chi connectivity index (χ3v) is 4.95. The summed E-state index contributed by atoms with van der Waals surface area (Å²) in [6, 6.07) is 8.08. The molecule has 0 aliphatic carbocycles. The van der Waals surface area contributed by atoms with Crippen LogP contribution in [0.2, 0.25) is 0 Å². The van der Waals surface area contributed by atoms with Crippen LogP contribution in [0.15, 0.2) is 35.1 Å². The smallest absolute Gasteiger partial charge is 0.422 e. The number of aromatic nitrogens is 2. The maximum absolute atomic E-state index is 12.5. The Morgan fingerprint density at radius 3 is 2.39 bits per heavy atom. The first-order valence-corrected chi connectivity index (χ1v) is 10.1. The van der Waals surface area contributed by atoms with Gasteiger partial charge in [0, 0.05) is 6.54 Å². The van der Waals surface area contributed by atoms with E-state index in [2.05, 4.69) is 9.97 Å². The number of esters is 1. The molecule has 176 valence electrons. The normalized spacial score (nSPS) is 11.8. The van der Waals surface area contributed by atoms with Gasteiger partial charge in [-0.2, -0.15) is 13.2 Å². The Morgan fingerprint density at radius 1 is 1.12 bits per heavy atom. The molecule has 0 saturated carbocycles. The molecule has 2 aromatic carbocycles. The van der Waals surface area contributed by atoms with Crippen molar-refractivity contribution in [3.8, 4) is 5.75 Å². The number of nitrogens with one attached hydrogen (secondary N) is 1. The third kappa shape index (κ3) is 6.10. The highest BCUT2D eigenvalue weighted by Crippen LogP contribution is 2.27. The number of halogens is 3. The molecule has 10 heteroatoms. The number of aryl methyl sites for hydroxylation is 2.